The predicted octanol–water partition coefficient (Wildman–Crippen LogP) is 1.99. The lowest BCUT2D eigenvalue weighted by Crippen LogP contribution is -2.48. The van der Waals surface area contributed by atoms with Crippen molar-refractivity contribution in [2.24, 2.45) is 5.73 Å². The van der Waals surface area contributed by atoms with Crippen molar-refractivity contribution in [1.29, 1.82) is 0 Å². The van der Waals surface area contributed by atoms with E-state index in [-0.39, 0.29) is 23.7 Å². The molecule has 1 aromatic rings. The Kier molecular flexibility index (Phi) is 5.17. The van der Waals surface area contributed by atoms with Crippen LogP contribution in [0, 0.1) is 0 Å². The first-order valence-corrected chi connectivity index (χ1v) is 6.23. The third-order valence-corrected chi connectivity index (χ3v) is 3.71. The van der Waals surface area contributed by atoms with E-state index in [4.69, 9.17) is 5.73 Å². The van der Waals surface area contributed by atoms with Crippen LogP contribution in [0.5, 0.6) is 0 Å². The van der Waals surface area contributed by atoms with Gasteiger partial charge >= 0.3 is 0 Å². The van der Waals surface area contributed by atoms with Gasteiger partial charge < -0.3 is 11.1 Å². The van der Waals surface area contributed by atoms with Gasteiger partial charge in [0, 0.05) is 12.0 Å². The number of hydrogen-bond donors (Lipinski definition) is 2. The van der Waals surface area contributed by atoms with Gasteiger partial charge in [0.25, 0.3) is 0 Å². The highest BCUT2D eigenvalue weighted by Gasteiger charge is 2.38. The van der Waals surface area contributed by atoms with E-state index in [0.717, 1.165) is 12.8 Å². The van der Waals surface area contributed by atoms with Gasteiger partial charge in [0.05, 0.1) is 6.04 Å². The Morgan fingerprint density at radius 1 is 1.39 bits per heavy atom. The highest BCUT2D eigenvalue weighted by atomic mass is 35.5. The standard InChI is InChI=1S/C14H20N2O.ClH/c1-11(15)13(17)16-10-14(8-5-9-14)12-6-3-2-4-7-12;/h2-4,6-7,11H,5,8-10,15H2,1H3,(H,16,17);1H/t11-;/m1./s1. The van der Waals surface area contributed by atoms with Gasteiger partial charge in [0.1, 0.15) is 0 Å². The number of halogens is 1. The molecule has 0 aromatic heterocycles. The Morgan fingerprint density at radius 2 is 2.00 bits per heavy atom. The number of carbonyl (C=O) groups is 1. The van der Waals surface area contributed by atoms with Crippen LogP contribution in [-0.4, -0.2) is 18.5 Å². The Bertz CT molecular complexity index is 388. The molecule has 2 rings (SSSR count). The first-order valence-electron chi connectivity index (χ1n) is 6.23. The third-order valence-electron chi connectivity index (χ3n) is 3.71. The summed E-state index contributed by atoms with van der Waals surface area (Å²) in [6.07, 6.45) is 3.54. The van der Waals surface area contributed by atoms with Crippen LogP contribution >= 0.6 is 12.4 Å². The molecule has 1 saturated carbocycles. The molecule has 1 aliphatic rings. The molecule has 3 N–H and O–H groups in total. The zero-order chi connectivity index (χ0) is 12.3. The van der Waals surface area contributed by atoms with Gasteiger partial charge in [-0.3, -0.25) is 4.79 Å². The van der Waals surface area contributed by atoms with Crippen molar-refractivity contribution in [3.05, 3.63) is 35.9 Å². The Labute approximate surface area is 115 Å². The Balaban J connectivity index is 0.00000162. The lowest BCUT2D eigenvalue weighted by molar-refractivity contribution is -0.122. The smallest absolute Gasteiger partial charge is 0.236 e. The minimum Gasteiger partial charge on any atom is -0.354 e. The minimum absolute atomic E-state index is 0. The molecule has 0 aliphatic heterocycles. The topological polar surface area (TPSA) is 55.1 Å². The number of carbonyl (C=O) groups excluding carboxylic acids is 1. The molecule has 1 atom stereocenters. The second kappa shape index (κ2) is 6.21. The second-order valence-corrected chi connectivity index (χ2v) is 5.01. The molecule has 100 valence electrons. The SMILES string of the molecule is C[C@@H](N)C(=O)NCC1(c2ccccc2)CCC1.Cl. The first kappa shape index (κ1) is 15.0. The number of amides is 1. The van der Waals surface area contributed by atoms with E-state index in [0.29, 0.717) is 6.54 Å². The third kappa shape index (κ3) is 3.03. The van der Waals surface area contributed by atoms with Crippen molar-refractivity contribution in [3.8, 4) is 0 Å². The van der Waals surface area contributed by atoms with Crippen LogP contribution in [0.15, 0.2) is 30.3 Å². The first-order chi connectivity index (χ1) is 8.14. The fourth-order valence-electron chi connectivity index (χ4n) is 2.38. The van der Waals surface area contributed by atoms with E-state index >= 15 is 0 Å². The fourth-order valence-corrected chi connectivity index (χ4v) is 2.38. The summed E-state index contributed by atoms with van der Waals surface area (Å²) < 4.78 is 0. The number of benzene rings is 1. The molecule has 4 heteroatoms. The number of nitrogens with two attached hydrogens (primary N) is 1. The lowest BCUT2D eigenvalue weighted by Gasteiger charge is -2.42. The summed E-state index contributed by atoms with van der Waals surface area (Å²) in [6.45, 7) is 2.42. The summed E-state index contributed by atoms with van der Waals surface area (Å²) >= 11 is 0. The summed E-state index contributed by atoms with van der Waals surface area (Å²) in [5.74, 6) is -0.0628. The summed E-state index contributed by atoms with van der Waals surface area (Å²) in [6, 6.07) is 10.0. The van der Waals surface area contributed by atoms with E-state index in [1.807, 2.05) is 6.07 Å². The van der Waals surface area contributed by atoms with E-state index in [9.17, 15) is 4.79 Å². The molecular weight excluding hydrogens is 248 g/mol. The molecule has 0 unspecified atom stereocenters. The van der Waals surface area contributed by atoms with Crippen LogP contribution in [0.4, 0.5) is 0 Å². The predicted molar refractivity (Wildman–Crippen MR) is 75.9 cm³/mol. The average Bonchev–Trinajstić information content (AvgIpc) is 2.28. The summed E-state index contributed by atoms with van der Waals surface area (Å²) in [5, 5.41) is 2.96. The monoisotopic (exact) mass is 268 g/mol. The van der Waals surface area contributed by atoms with E-state index in [1.165, 1.54) is 12.0 Å². The maximum atomic E-state index is 11.5. The van der Waals surface area contributed by atoms with Gasteiger partial charge in [0.2, 0.25) is 5.91 Å². The maximum absolute atomic E-state index is 11.5. The van der Waals surface area contributed by atoms with Gasteiger partial charge in [-0.15, -0.1) is 12.4 Å². The highest BCUT2D eigenvalue weighted by molar-refractivity contribution is 5.85. The summed E-state index contributed by atoms with van der Waals surface area (Å²) in [4.78, 5) is 11.5. The van der Waals surface area contributed by atoms with Crippen LogP contribution in [0.3, 0.4) is 0 Å². The van der Waals surface area contributed by atoms with Crippen LogP contribution in [-0.2, 0) is 10.2 Å². The molecule has 0 spiro atoms. The van der Waals surface area contributed by atoms with Crippen molar-refractivity contribution < 1.29 is 4.79 Å². The number of rotatable bonds is 4. The van der Waals surface area contributed by atoms with Gasteiger partial charge in [-0.25, -0.2) is 0 Å². The normalized spacial score (nSPS) is 18.1. The molecule has 0 bridgehead atoms. The number of hydrogen-bond acceptors (Lipinski definition) is 2. The second-order valence-electron chi connectivity index (χ2n) is 5.01. The molecule has 18 heavy (non-hydrogen) atoms. The van der Waals surface area contributed by atoms with Crippen LogP contribution in [0.25, 0.3) is 0 Å². The Morgan fingerprint density at radius 3 is 2.44 bits per heavy atom. The van der Waals surface area contributed by atoms with Crippen LogP contribution in [0.1, 0.15) is 31.7 Å². The summed E-state index contributed by atoms with van der Waals surface area (Å²) in [5.41, 5.74) is 7.03. The molecule has 0 heterocycles. The van der Waals surface area contributed by atoms with Crippen LogP contribution in [0.2, 0.25) is 0 Å². The average molecular weight is 269 g/mol. The van der Waals surface area contributed by atoms with Crippen molar-refractivity contribution >= 4 is 18.3 Å². The van der Waals surface area contributed by atoms with Crippen molar-refractivity contribution in [2.45, 2.75) is 37.6 Å². The number of nitrogens with one attached hydrogen (secondary N) is 1. The molecule has 1 amide bonds. The van der Waals surface area contributed by atoms with Crippen molar-refractivity contribution in [1.82, 2.24) is 5.32 Å². The van der Waals surface area contributed by atoms with Gasteiger partial charge in [0.15, 0.2) is 0 Å². The molecule has 1 aromatic carbocycles. The minimum atomic E-state index is -0.428. The fraction of sp³-hybridized carbons (Fsp3) is 0.500. The van der Waals surface area contributed by atoms with E-state index < -0.39 is 6.04 Å². The summed E-state index contributed by atoms with van der Waals surface area (Å²) in [7, 11) is 0. The zero-order valence-corrected chi connectivity index (χ0v) is 11.5. The molecular formula is C14H21ClN2O. The zero-order valence-electron chi connectivity index (χ0n) is 10.7. The lowest BCUT2D eigenvalue weighted by atomic mass is 9.64. The maximum Gasteiger partial charge on any atom is 0.236 e. The van der Waals surface area contributed by atoms with Crippen molar-refractivity contribution in [2.75, 3.05) is 6.54 Å². The largest absolute Gasteiger partial charge is 0.354 e. The molecule has 0 radical (unpaired) electrons. The molecule has 0 saturated heterocycles. The van der Waals surface area contributed by atoms with Crippen LogP contribution < -0.4 is 11.1 Å². The molecule has 1 fully saturated rings. The highest BCUT2D eigenvalue weighted by Crippen LogP contribution is 2.43. The van der Waals surface area contributed by atoms with Gasteiger partial charge in [-0.05, 0) is 25.3 Å². The Hall–Kier alpha value is -1.06. The molecule has 3 nitrogen and oxygen atoms in total. The van der Waals surface area contributed by atoms with E-state index in [2.05, 4.69) is 29.6 Å². The van der Waals surface area contributed by atoms with E-state index in [1.54, 1.807) is 6.92 Å². The van der Waals surface area contributed by atoms with Gasteiger partial charge in [-0.2, -0.15) is 0 Å². The quantitative estimate of drug-likeness (QED) is 0.878. The van der Waals surface area contributed by atoms with Crippen molar-refractivity contribution in [3.63, 3.8) is 0 Å². The molecule has 1 aliphatic carbocycles. The van der Waals surface area contributed by atoms with Gasteiger partial charge in [-0.1, -0.05) is 36.8 Å².